The van der Waals surface area contributed by atoms with Crippen LogP contribution in [0.3, 0.4) is 0 Å². The van der Waals surface area contributed by atoms with Gasteiger partial charge in [-0.25, -0.2) is 0 Å². The van der Waals surface area contributed by atoms with E-state index in [1.54, 1.807) is 34.2 Å². The average Bonchev–Trinajstić information content (AvgIpc) is 2.68. The van der Waals surface area contributed by atoms with Crippen molar-refractivity contribution in [2.45, 2.75) is 31.8 Å². The zero-order valence-electron chi connectivity index (χ0n) is 15.7. The number of likely N-dealkylation sites (tertiary alicyclic amines) is 1. The molecule has 27 heavy (non-hydrogen) atoms. The Labute approximate surface area is 159 Å². The predicted octanol–water partition coefficient (Wildman–Crippen LogP) is 1.92. The molecule has 1 aliphatic heterocycles. The van der Waals surface area contributed by atoms with Crippen molar-refractivity contribution in [3.8, 4) is 0 Å². The maximum absolute atomic E-state index is 12.8. The lowest BCUT2D eigenvalue weighted by Crippen LogP contribution is -2.68. The number of likely N-dealkylation sites (N-methyl/N-ethyl adjacent to an activating group) is 1. The van der Waals surface area contributed by atoms with Gasteiger partial charge in [-0.1, -0.05) is 36.4 Å². The van der Waals surface area contributed by atoms with Crippen molar-refractivity contribution in [1.29, 1.82) is 0 Å². The minimum Gasteiger partial charge on any atom is -0.394 e. The molecule has 1 aromatic carbocycles. The van der Waals surface area contributed by atoms with Crippen LogP contribution in [0.15, 0.2) is 54.7 Å². The number of pyridine rings is 1. The molecule has 1 aliphatic rings. The zero-order valence-corrected chi connectivity index (χ0v) is 15.7. The highest BCUT2D eigenvalue weighted by Gasteiger charge is 2.50. The number of hydrogen-bond donors (Lipinski definition) is 1. The zero-order chi connectivity index (χ0) is 19.4. The van der Waals surface area contributed by atoms with E-state index in [1.165, 1.54) is 6.92 Å². The molecule has 0 unspecified atom stereocenters. The Morgan fingerprint density at radius 2 is 1.81 bits per heavy atom. The van der Waals surface area contributed by atoms with E-state index in [1.807, 2.05) is 37.3 Å². The lowest BCUT2D eigenvalue weighted by atomic mass is 9.74. The topological polar surface area (TPSA) is 73.7 Å². The molecule has 3 atom stereocenters. The van der Waals surface area contributed by atoms with E-state index in [9.17, 15) is 14.7 Å². The van der Waals surface area contributed by atoms with Gasteiger partial charge in [0.25, 0.3) is 5.91 Å². The molecule has 6 nitrogen and oxygen atoms in total. The van der Waals surface area contributed by atoms with E-state index in [-0.39, 0.29) is 36.4 Å². The van der Waals surface area contributed by atoms with Crippen LogP contribution in [0, 0.1) is 0 Å². The van der Waals surface area contributed by atoms with Crippen LogP contribution >= 0.6 is 0 Å². The van der Waals surface area contributed by atoms with Gasteiger partial charge in [-0.15, -0.1) is 0 Å². The summed E-state index contributed by atoms with van der Waals surface area (Å²) in [6.07, 6.45) is 1.60. The highest BCUT2D eigenvalue weighted by molar-refractivity contribution is 5.92. The van der Waals surface area contributed by atoms with Crippen LogP contribution in [0.2, 0.25) is 0 Å². The fourth-order valence-corrected chi connectivity index (χ4v) is 3.97. The van der Waals surface area contributed by atoms with Crippen molar-refractivity contribution in [1.82, 2.24) is 14.8 Å². The molecular weight excluding hydrogens is 342 g/mol. The average molecular weight is 367 g/mol. The van der Waals surface area contributed by atoms with Gasteiger partial charge >= 0.3 is 0 Å². The normalized spacial score (nSPS) is 21.4. The first-order valence-corrected chi connectivity index (χ1v) is 9.23. The molecule has 0 saturated carbocycles. The summed E-state index contributed by atoms with van der Waals surface area (Å²) in [6.45, 7) is 4.24. The third-order valence-corrected chi connectivity index (χ3v) is 5.24. The minimum absolute atomic E-state index is 0.00863. The second-order valence-electron chi connectivity index (χ2n) is 6.74. The molecule has 142 valence electrons. The second-order valence-corrected chi connectivity index (χ2v) is 6.74. The second kappa shape index (κ2) is 8.31. The fraction of sp³-hybridized carbons (Fsp3) is 0.381. The Hall–Kier alpha value is -2.73. The third kappa shape index (κ3) is 3.71. The first-order chi connectivity index (χ1) is 13.1. The summed E-state index contributed by atoms with van der Waals surface area (Å²) in [4.78, 5) is 32.6. The highest BCUT2D eigenvalue weighted by Crippen LogP contribution is 2.41. The lowest BCUT2D eigenvalue weighted by Gasteiger charge is -2.55. The molecule has 2 aromatic rings. The van der Waals surface area contributed by atoms with Crippen LogP contribution in [0.25, 0.3) is 0 Å². The maximum Gasteiger partial charge on any atom is 0.272 e. The summed E-state index contributed by atoms with van der Waals surface area (Å²) < 4.78 is 0. The molecule has 0 spiro atoms. The predicted molar refractivity (Wildman–Crippen MR) is 102 cm³/mol. The fourth-order valence-electron chi connectivity index (χ4n) is 3.97. The summed E-state index contributed by atoms with van der Waals surface area (Å²) in [5.74, 6) is -0.251. The van der Waals surface area contributed by atoms with Gasteiger partial charge in [0.05, 0.1) is 18.7 Å². The number of carbonyl (C=O) groups is 2. The maximum atomic E-state index is 12.8. The van der Waals surface area contributed by atoms with E-state index in [4.69, 9.17) is 0 Å². The van der Waals surface area contributed by atoms with Crippen molar-refractivity contribution in [2.24, 2.45) is 0 Å². The summed E-state index contributed by atoms with van der Waals surface area (Å²) in [6, 6.07) is 14.7. The molecule has 1 fully saturated rings. The molecule has 3 rings (SSSR count). The van der Waals surface area contributed by atoms with Crippen LogP contribution < -0.4 is 0 Å². The van der Waals surface area contributed by atoms with Crippen LogP contribution in [-0.4, -0.2) is 63.5 Å². The molecule has 1 aromatic heterocycles. The molecule has 0 aliphatic carbocycles. The van der Waals surface area contributed by atoms with Crippen molar-refractivity contribution >= 4 is 11.8 Å². The molecule has 0 bridgehead atoms. The monoisotopic (exact) mass is 367 g/mol. The molecular formula is C21H25N3O3. The Kier molecular flexibility index (Phi) is 5.86. The Bertz CT molecular complexity index is 782. The first-order valence-electron chi connectivity index (χ1n) is 9.23. The Morgan fingerprint density at radius 1 is 1.11 bits per heavy atom. The number of rotatable bonds is 6. The van der Waals surface area contributed by atoms with Gasteiger partial charge in [-0.3, -0.25) is 14.6 Å². The van der Waals surface area contributed by atoms with E-state index in [0.29, 0.717) is 18.8 Å². The third-order valence-electron chi connectivity index (χ3n) is 5.24. The van der Waals surface area contributed by atoms with E-state index >= 15 is 0 Å². The Balaban J connectivity index is 1.86. The summed E-state index contributed by atoms with van der Waals surface area (Å²) in [7, 11) is 0. The highest BCUT2D eigenvalue weighted by atomic mass is 16.3. The number of benzene rings is 1. The van der Waals surface area contributed by atoms with Gasteiger partial charge in [0.2, 0.25) is 5.91 Å². The summed E-state index contributed by atoms with van der Waals surface area (Å²) >= 11 is 0. The van der Waals surface area contributed by atoms with Crippen molar-refractivity contribution in [2.75, 3.05) is 19.7 Å². The van der Waals surface area contributed by atoms with E-state index < -0.39 is 0 Å². The number of amides is 2. The van der Waals surface area contributed by atoms with Crippen LogP contribution in [0.5, 0.6) is 0 Å². The van der Waals surface area contributed by atoms with Gasteiger partial charge in [0.1, 0.15) is 5.69 Å². The number of carbonyl (C=O) groups excluding carboxylic acids is 2. The minimum atomic E-state index is -0.265. The molecule has 0 radical (unpaired) electrons. The number of hydrogen-bond acceptors (Lipinski definition) is 4. The van der Waals surface area contributed by atoms with E-state index in [2.05, 4.69) is 4.98 Å². The van der Waals surface area contributed by atoms with Gasteiger partial charge in [-0.05, 0) is 24.6 Å². The van der Waals surface area contributed by atoms with Gasteiger partial charge in [0, 0.05) is 32.1 Å². The van der Waals surface area contributed by atoms with Gasteiger partial charge in [0.15, 0.2) is 0 Å². The number of nitrogens with zero attached hydrogens (tertiary/aromatic N) is 3. The smallest absolute Gasteiger partial charge is 0.272 e. The molecule has 1 N–H and O–H groups in total. The number of aliphatic hydroxyl groups excluding tert-OH is 1. The molecule has 2 heterocycles. The van der Waals surface area contributed by atoms with Gasteiger partial charge < -0.3 is 14.9 Å². The standard InChI is InChI=1S/C21H25N3O3/c1-3-23(21(27)17-11-7-8-12-22-17)13-18-20(16-9-5-4-6-10-16)19(14-25)24(18)15(2)26/h4-12,18-20,25H,3,13-14H2,1-2H3/t18-,19+,20-/m0/s1. The van der Waals surface area contributed by atoms with Crippen LogP contribution in [0.4, 0.5) is 0 Å². The van der Waals surface area contributed by atoms with Crippen LogP contribution in [-0.2, 0) is 4.79 Å². The van der Waals surface area contributed by atoms with Crippen LogP contribution in [0.1, 0.15) is 35.8 Å². The summed E-state index contributed by atoms with van der Waals surface area (Å²) in [5.41, 5.74) is 1.46. The van der Waals surface area contributed by atoms with Crippen molar-refractivity contribution in [3.63, 3.8) is 0 Å². The molecule has 6 heteroatoms. The largest absolute Gasteiger partial charge is 0.394 e. The molecule has 2 amide bonds. The van der Waals surface area contributed by atoms with Gasteiger partial charge in [-0.2, -0.15) is 0 Å². The first kappa shape index (κ1) is 19.0. The molecule has 1 saturated heterocycles. The SMILES string of the molecule is CCN(C[C@H]1[C@H](c2ccccc2)[C@@H](CO)N1C(C)=O)C(=O)c1ccccn1. The van der Waals surface area contributed by atoms with Crippen molar-refractivity contribution in [3.05, 3.63) is 66.0 Å². The van der Waals surface area contributed by atoms with Crippen molar-refractivity contribution < 1.29 is 14.7 Å². The summed E-state index contributed by atoms with van der Waals surface area (Å²) in [5, 5.41) is 9.85. The quantitative estimate of drug-likeness (QED) is 0.847. The number of aromatic nitrogens is 1. The Morgan fingerprint density at radius 3 is 2.37 bits per heavy atom. The lowest BCUT2D eigenvalue weighted by molar-refractivity contribution is -0.149. The van der Waals surface area contributed by atoms with E-state index in [0.717, 1.165) is 5.56 Å². The number of aliphatic hydroxyl groups is 1.